The maximum absolute atomic E-state index is 14.3. The second-order valence-electron chi connectivity index (χ2n) is 5.92. The first kappa shape index (κ1) is 16.2. The number of hydrogen-bond acceptors (Lipinski definition) is 3. The summed E-state index contributed by atoms with van der Waals surface area (Å²) in [7, 11) is 0. The van der Waals surface area contributed by atoms with Crippen LogP contribution in [0.5, 0.6) is 0 Å². The van der Waals surface area contributed by atoms with Crippen LogP contribution in [-0.4, -0.2) is 31.3 Å². The van der Waals surface area contributed by atoms with Crippen LogP contribution < -0.4 is 10.2 Å². The molecule has 2 N–H and O–H groups in total. The zero-order valence-corrected chi connectivity index (χ0v) is 13.1. The van der Waals surface area contributed by atoms with Crippen molar-refractivity contribution in [1.29, 1.82) is 0 Å². The summed E-state index contributed by atoms with van der Waals surface area (Å²) in [6.07, 6.45) is 3.10. The Balaban J connectivity index is 2.24. The van der Waals surface area contributed by atoms with Crippen LogP contribution in [0.25, 0.3) is 0 Å². The van der Waals surface area contributed by atoms with Crippen molar-refractivity contribution in [2.45, 2.75) is 39.2 Å². The van der Waals surface area contributed by atoms with Crippen molar-refractivity contribution < 1.29 is 9.50 Å². The summed E-state index contributed by atoms with van der Waals surface area (Å²) in [4.78, 5) is 2.29. The third-order valence-electron chi connectivity index (χ3n) is 4.37. The molecule has 0 bridgehead atoms. The summed E-state index contributed by atoms with van der Waals surface area (Å²) >= 11 is 0. The van der Waals surface area contributed by atoms with Gasteiger partial charge in [0.2, 0.25) is 0 Å². The molecule has 4 heteroatoms. The van der Waals surface area contributed by atoms with Gasteiger partial charge in [-0.25, -0.2) is 4.39 Å². The van der Waals surface area contributed by atoms with Gasteiger partial charge in [-0.05, 0) is 50.8 Å². The van der Waals surface area contributed by atoms with Crippen LogP contribution in [-0.2, 0) is 0 Å². The molecule has 21 heavy (non-hydrogen) atoms. The van der Waals surface area contributed by atoms with Gasteiger partial charge in [0.05, 0.1) is 0 Å². The molecule has 0 saturated carbocycles. The number of nitrogens with one attached hydrogen (secondary N) is 1. The summed E-state index contributed by atoms with van der Waals surface area (Å²) < 4.78 is 14.3. The Morgan fingerprint density at radius 2 is 2.29 bits per heavy atom. The first-order valence-corrected chi connectivity index (χ1v) is 8.05. The van der Waals surface area contributed by atoms with Crippen LogP contribution in [0.2, 0.25) is 0 Å². The van der Waals surface area contributed by atoms with Gasteiger partial charge < -0.3 is 15.3 Å². The molecule has 1 aliphatic rings. The quantitative estimate of drug-likeness (QED) is 0.846. The molecule has 0 aromatic heterocycles. The maximum atomic E-state index is 14.3. The minimum absolute atomic E-state index is 0.00409. The third kappa shape index (κ3) is 3.95. The highest BCUT2D eigenvalue weighted by Gasteiger charge is 2.24. The molecule has 1 heterocycles. The van der Waals surface area contributed by atoms with Gasteiger partial charge in [-0.3, -0.25) is 0 Å². The second kappa shape index (κ2) is 7.76. The molecular formula is C17H27FN2O. The number of anilines is 1. The Labute approximate surface area is 127 Å². The lowest BCUT2D eigenvalue weighted by molar-refractivity contribution is 0.244. The van der Waals surface area contributed by atoms with E-state index in [0.717, 1.165) is 50.1 Å². The number of aliphatic hydroxyl groups is 1. The van der Waals surface area contributed by atoms with Gasteiger partial charge >= 0.3 is 0 Å². The SMILES string of the molecule is CCNC(C)c1c(F)cccc1N1CCCC(CCO)C1. The summed E-state index contributed by atoms with van der Waals surface area (Å²) in [6.45, 7) is 6.99. The lowest BCUT2D eigenvalue weighted by Gasteiger charge is -2.36. The highest BCUT2D eigenvalue weighted by atomic mass is 19.1. The van der Waals surface area contributed by atoms with Gasteiger partial charge in [0.15, 0.2) is 0 Å². The molecule has 3 nitrogen and oxygen atoms in total. The molecule has 0 amide bonds. The Hall–Kier alpha value is -1.13. The van der Waals surface area contributed by atoms with Crippen molar-refractivity contribution in [3.8, 4) is 0 Å². The van der Waals surface area contributed by atoms with E-state index in [0.29, 0.717) is 5.92 Å². The summed E-state index contributed by atoms with van der Waals surface area (Å²) in [5.41, 5.74) is 1.77. The molecule has 1 fully saturated rings. The van der Waals surface area contributed by atoms with E-state index in [1.54, 1.807) is 12.1 Å². The monoisotopic (exact) mass is 294 g/mol. The fraction of sp³-hybridized carbons (Fsp3) is 0.647. The van der Waals surface area contributed by atoms with Gasteiger partial charge in [0.25, 0.3) is 0 Å². The number of piperidine rings is 1. The average molecular weight is 294 g/mol. The van der Waals surface area contributed by atoms with Crippen molar-refractivity contribution in [2.75, 3.05) is 31.1 Å². The standard InChI is InChI=1S/C17H27FN2O/c1-3-19-13(2)17-15(18)7-4-8-16(17)20-10-5-6-14(12-20)9-11-21/h4,7-8,13-14,19,21H,3,5-6,9-12H2,1-2H3. The van der Waals surface area contributed by atoms with Crippen LogP contribution in [0.3, 0.4) is 0 Å². The van der Waals surface area contributed by atoms with Crippen molar-refractivity contribution in [3.63, 3.8) is 0 Å². The van der Waals surface area contributed by atoms with Crippen molar-refractivity contribution in [1.82, 2.24) is 5.32 Å². The topological polar surface area (TPSA) is 35.5 Å². The molecule has 1 aromatic carbocycles. The second-order valence-corrected chi connectivity index (χ2v) is 5.92. The Bertz CT molecular complexity index is 450. The Morgan fingerprint density at radius 3 is 3.00 bits per heavy atom. The molecule has 2 rings (SSSR count). The minimum atomic E-state index is -0.134. The van der Waals surface area contributed by atoms with Crippen LogP contribution >= 0.6 is 0 Å². The van der Waals surface area contributed by atoms with Crippen LogP contribution in [0.15, 0.2) is 18.2 Å². The number of hydrogen-bond donors (Lipinski definition) is 2. The third-order valence-corrected chi connectivity index (χ3v) is 4.37. The van der Waals surface area contributed by atoms with Crippen LogP contribution in [0, 0.1) is 11.7 Å². The largest absolute Gasteiger partial charge is 0.396 e. The van der Waals surface area contributed by atoms with E-state index in [4.69, 9.17) is 5.11 Å². The lowest BCUT2D eigenvalue weighted by Crippen LogP contribution is -2.37. The number of nitrogens with zero attached hydrogens (tertiary/aromatic N) is 1. The zero-order valence-electron chi connectivity index (χ0n) is 13.1. The number of rotatable bonds is 6. The molecule has 0 radical (unpaired) electrons. The summed E-state index contributed by atoms with van der Waals surface area (Å²) in [5.74, 6) is 0.375. The fourth-order valence-corrected chi connectivity index (χ4v) is 3.34. The Kier molecular flexibility index (Phi) is 6.00. The van der Waals surface area contributed by atoms with E-state index in [9.17, 15) is 4.39 Å². The zero-order chi connectivity index (χ0) is 15.2. The maximum Gasteiger partial charge on any atom is 0.130 e. The number of aliphatic hydroxyl groups excluding tert-OH is 1. The van der Waals surface area contributed by atoms with E-state index in [1.807, 2.05) is 19.9 Å². The first-order chi connectivity index (χ1) is 10.2. The van der Waals surface area contributed by atoms with E-state index in [2.05, 4.69) is 10.2 Å². The van der Waals surface area contributed by atoms with Gasteiger partial charge in [-0.1, -0.05) is 13.0 Å². The average Bonchev–Trinajstić information content (AvgIpc) is 2.48. The van der Waals surface area contributed by atoms with E-state index >= 15 is 0 Å². The minimum Gasteiger partial charge on any atom is -0.396 e. The van der Waals surface area contributed by atoms with E-state index in [1.165, 1.54) is 0 Å². The van der Waals surface area contributed by atoms with Gasteiger partial charge in [-0.15, -0.1) is 0 Å². The van der Waals surface area contributed by atoms with Crippen LogP contribution in [0.4, 0.5) is 10.1 Å². The predicted molar refractivity (Wildman–Crippen MR) is 85.1 cm³/mol. The van der Waals surface area contributed by atoms with Crippen molar-refractivity contribution in [3.05, 3.63) is 29.6 Å². The predicted octanol–water partition coefficient (Wildman–Crippen LogP) is 3.10. The summed E-state index contributed by atoms with van der Waals surface area (Å²) in [5, 5.41) is 12.5. The smallest absolute Gasteiger partial charge is 0.130 e. The van der Waals surface area contributed by atoms with Gasteiger partial charge in [0, 0.05) is 37.0 Å². The summed E-state index contributed by atoms with van der Waals surface area (Å²) in [6, 6.07) is 5.36. The fourth-order valence-electron chi connectivity index (χ4n) is 3.34. The Morgan fingerprint density at radius 1 is 1.48 bits per heavy atom. The molecule has 118 valence electrons. The highest BCUT2D eigenvalue weighted by molar-refractivity contribution is 5.56. The lowest BCUT2D eigenvalue weighted by atomic mass is 9.93. The van der Waals surface area contributed by atoms with Gasteiger partial charge in [0.1, 0.15) is 5.82 Å². The van der Waals surface area contributed by atoms with Crippen molar-refractivity contribution in [2.24, 2.45) is 5.92 Å². The van der Waals surface area contributed by atoms with Gasteiger partial charge in [-0.2, -0.15) is 0 Å². The van der Waals surface area contributed by atoms with Crippen LogP contribution in [0.1, 0.15) is 44.7 Å². The van der Waals surface area contributed by atoms with E-state index < -0.39 is 0 Å². The number of halogens is 1. The molecule has 0 aliphatic carbocycles. The molecule has 1 saturated heterocycles. The van der Waals surface area contributed by atoms with E-state index in [-0.39, 0.29) is 18.5 Å². The van der Waals surface area contributed by atoms with Crippen molar-refractivity contribution >= 4 is 5.69 Å². The molecular weight excluding hydrogens is 267 g/mol. The normalized spacial score (nSPS) is 20.6. The molecule has 0 spiro atoms. The number of benzene rings is 1. The first-order valence-electron chi connectivity index (χ1n) is 8.05. The molecule has 1 aliphatic heterocycles. The molecule has 1 aromatic rings. The highest BCUT2D eigenvalue weighted by Crippen LogP contribution is 2.32. The molecule has 2 unspecified atom stereocenters. The molecule has 2 atom stereocenters.